The van der Waals surface area contributed by atoms with Crippen molar-refractivity contribution in [2.24, 2.45) is 11.5 Å². The van der Waals surface area contributed by atoms with E-state index < -0.39 is 11.9 Å². The summed E-state index contributed by atoms with van der Waals surface area (Å²) in [7, 11) is 0. The zero-order valence-electron chi connectivity index (χ0n) is 8.86. The van der Waals surface area contributed by atoms with Gasteiger partial charge in [-0.15, -0.1) is 0 Å². The molecule has 0 heterocycles. The van der Waals surface area contributed by atoms with E-state index in [-0.39, 0.29) is 12.1 Å². The van der Waals surface area contributed by atoms with E-state index in [0.29, 0.717) is 17.1 Å². The number of nitrogens with two attached hydrogens (primary N) is 2. The third-order valence-corrected chi connectivity index (χ3v) is 2.28. The summed E-state index contributed by atoms with van der Waals surface area (Å²) in [5.74, 6) is 0.171. The largest absolute Gasteiger partial charge is 0.478 e. The predicted octanol–water partition coefficient (Wildman–Crippen LogP) is 1.32. The number of primary amides is 1. The van der Waals surface area contributed by atoms with Crippen LogP contribution in [0.2, 0.25) is 0 Å². The zero-order chi connectivity index (χ0) is 12.8. The zero-order valence-corrected chi connectivity index (χ0v) is 10.4. The molecule has 7 heteroatoms. The molecule has 0 saturated carbocycles. The van der Waals surface area contributed by atoms with E-state index >= 15 is 0 Å². The fraction of sp³-hybridized carbons (Fsp3) is 0.300. The lowest BCUT2D eigenvalue weighted by molar-refractivity contribution is -0.119. The number of rotatable bonds is 6. The summed E-state index contributed by atoms with van der Waals surface area (Å²) < 4.78 is 10.2. The van der Waals surface area contributed by atoms with Crippen LogP contribution in [0.1, 0.15) is 11.6 Å². The first-order chi connectivity index (χ1) is 8.10. The van der Waals surface area contributed by atoms with Gasteiger partial charge in [0.2, 0.25) is 5.91 Å². The Bertz CT molecular complexity index is 401. The monoisotopic (exact) mass is 278 g/mol. The second-order valence-electron chi connectivity index (χ2n) is 3.09. The highest BCUT2D eigenvalue weighted by Crippen LogP contribution is 2.29. The number of hydrogen-bond donors (Lipinski definition) is 2. The summed E-state index contributed by atoms with van der Waals surface area (Å²) in [6.45, 7) is 0. The van der Waals surface area contributed by atoms with Crippen molar-refractivity contribution in [3.05, 3.63) is 23.8 Å². The molecule has 1 aromatic carbocycles. The first kappa shape index (κ1) is 13.9. The van der Waals surface area contributed by atoms with Crippen molar-refractivity contribution in [1.82, 2.24) is 0 Å². The quantitative estimate of drug-likeness (QED) is 0.769. The van der Waals surface area contributed by atoms with Crippen molar-refractivity contribution in [1.29, 1.82) is 0 Å². The molecule has 0 bridgehead atoms. The maximum Gasteiger partial charge on any atom is 0.239 e. The van der Waals surface area contributed by atoms with Gasteiger partial charge in [0.15, 0.2) is 12.1 Å². The Morgan fingerprint density at radius 3 is 2.47 bits per heavy atom. The fourth-order valence-corrected chi connectivity index (χ4v) is 1.50. The highest BCUT2D eigenvalue weighted by atomic mass is 35.5. The van der Waals surface area contributed by atoms with Crippen molar-refractivity contribution < 1.29 is 14.3 Å². The van der Waals surface area contributed by atoms with Crippen LogP contribution in [-0.4, -0.2) is 18.0 Å². The van der Waals surface area contributed by atoms with Gasteiger partial charge in [0.1, 0.15) is 17.5 Å². The number of carbonyl (C=O) groups excluding carboxylic acids is 1. The predicted molar refractivity (Wildman–Crippen MR) is 65.3 cm³/mol. The van der Waals surface area contributed by atoms with E-state index in [0.717, 1.165) is 0 Å². The van der Waals surface area contributed by atoms with Crippen LogP contribution < -0.4 is 20.9 Å². The Balaban J connectivity index is 3.07. The van der Waals surface area contributed by atoms with E-state index in [1.165, 1.54) is 0 Å². The molecule has 1 atom stereocenters. The Labute approximate surface area is 109 Å². The van der Waals surface area contributed by atoms with Gasteiger partial charge in [-0.1, -0.05) is 23.2 Å². The lowest BCUT2D eigenvalue weighted by Crippen LogP contribution is -2.28. The van der Waals surface area contributed by atoms with E-state index in [2.05, 4.69) is 0 Å². The normalized spacial score (nSPS) is 11.9. The number of ether oxygens (including phenoxy) is 2. The molecule has 4 N–H and O–H groups in total. The summed E-state index contributed by atoms with van der Waals surface area (Å²) in [5, 5.41) is 0. The second-order valence-corrected chi connectivity index (χ2v) is 3.52. The van der Waals surface area contributed by atoms with Crippen LogP contribution in [0, 0.1) is 0 Å². The minimum absolute atomic E-state index is 0.00152. The summed E-state index contributed by atoms with van der Waals surface area (Å²) in [4.78, 5) is 11.0. The number of hydrogen-bond acceptors (Lipinski definition) is 4. The van der Waals surface area contributed by atoms with E-state index in [1.807, 2.05) is 0 Å². The topological polar surface area (TPSA) is 87.6 Å². The maximum atomic E-state index is 11.0. The lowest BCUT2D eigenvalue weighted by Gasteiger charge is -2.14. The van der Waals surface area contributed by atoms with Gasteiger partial charge in [0.25, 0.3) is 0 Å². The van der Waals surface area contributed by atoms with E-state index in [4.69, 9.17) is 44.1 Å². The average Bonchev–Trinajstić information content (AvgIpc) is 2.29. The van der Waals surface area contributed by atoms with Gasteiger partial charge in [-0.3, -0.25) is 4.79 Å². The van der Waals surface area contributed by atoms with Crippen LogP contribution in [0.4, 0.5) is 0 Å². The third-order valence-electron chi connectivity index (χ3n) is 2.06. The van der Waals surface area contributed by atoms with Crippen molar-refractivity contribution in [3.63, 3.8) is 0 Å². The molecule has 1 unspecified atom stereocenters. The van der Waals surface area contributed by atoms with Gasteiger partial charge >= 0.3 is 0 Å². The van der Waals surface area contributed by atoms with Crippen molar-refractivity contribution in [3.8, 4) is 11.5 Å². The Kier molecular flexibility index (Phi) is 5.34. The Morgan fingerprint density at radius 2 is 1.94 bits per heavy atom. The van der Waals surface area contributed by atoms with Crippen LogP contribution >= 0.6 is 23.2 Å². The number of carbonyl (C=O) groups is 1. The van der Waals surface area contributed by atoms with E-state index in [1.54, 1.807) is 18.2 Å². The number of amides is 1. The molecule has 0 spiro atoms. The summed E-state index contributed by atoms with van der Waals surface area (Å²) in [6.07, 6.45) is 0. The van der Waals surface area contributed by atoms with Crippen LogP contribution in [0.5, 0.6) is 11.5 Å². The molecular formula is C10H12Cl2N2O3. The Morgan fingerprint density at radius 1 is 1.29 bits per heavy atom. The first-order valence-corrected chi connectivity index (χ1v) is 5.73. The Hall–Kier alpha value is -1.17. The average molecular weight is 279 g/mol. The molecule has 1 amide bonds. The van der Waals surface area contributed by atoms with E-state index in [9.17, 15) is 4.79 Å². The number of alkyl halides is 2. The molecule has 1 rings (SSSR count). The molecule has 17 heavy (non-hydrogen) atoms. The molecule has 0 aliphatic rings. The minimum Gasteiger partial charge on any atom is -0.478 e. The van der Waals surface area contributed by atoms with Gasteiger partial charge in [-0.2, -0.15) is 0 Å². The van der Waals surface area contributed by atoms with Gasteiger partial charge in [-0.05, 0) is 12.1 Å². The summed E-state index contributed by atoms with van der Waals surface area (Å²) in [5.41, 5.74) is 11.2. The molecule has 94 valence electrons. The van der Waals surface area contributed by atoms with Gasteiger partial charge in [-0.25, -0.2) is 0 Å². The molecule has 5 nitrogen and oxygen atoms in total. The molecule has 1 aromatic rings. The van der Waals surface area contributed by atoms with Crippen LogP contribution in [0.25, 0.3) is 0 Å². The fourth-order valence-electron chi connectivity index (χ4n) is 1.26. The van der Waals surface area contributed by atoms with Gasteiger partial charge in [0, 0.05) is 11.6 Å². The van der Waals surface area contributed by atoms with Crippen LogP contribution in [-0.2, 0) is 4.79 Å². The molecular weight excluding hydrogens is 267 g/mol. The molecule has 0 fully saturated rings. The third kappa shape index (κ3) is 3.66. The summed E-state index contributed by atoms with van der Waals surface area (Å²) >= 11 is 10.9. The van der Waals surface area contributed by atoms with Crippen LogP contribution in [0.15, 0.2) is 18.2 Å². The molecule has 0 aliphatic carbocycles. The van der Waals surface area contributed by atoms with Crippen molar-refractivity contribution in [2.45, 2.75) is 6.04 Å². The van der Waals surface area contributed by atoms with Crippen molar-refractivity contribution in [2.75, 3.05) is 12.1 Å². The summed E-state index contributed by atoms with van der Waals surface area (Å²) in [6, 6.07) is 3.70. The number of halogens is 2. The smallest absolute Gasteiger partial charge is 0.239 e. The van der Waals surface area contributed by atoms with Gasteiger partial charge in [0.05, 0.1) is 0 Å². The first-order valence-electron chi connectivity index (χ1n) is 4.66. The lowest BCUT2D eigenvalue weighted by atomic mass is 10.1. The maximum absolute atomic E-state index is 11.0. The molecule has 0 aromatic heterocycles. The highest BCUT2D eigenvalue weighted by Gasteiger charge is 2.18. The van der Waals surface area contributed by atoms with Crippen LogP contribution in [0.3, 0.4) is 0 Å². The van der Waals surface area contributed by atoms with Gasteiger partial charge < -0.3 is 20.9 Å². The molecule has 0 saturated heterocycles. The molecule has 0 aliphatic heterocycles. The second kappa shape index (κ2) is 6.54. The SMILES string of the molecule is NC(=O)C(N)c1ccc(OCCl)cc1OCCl. The van der Waals surface area contributed by atoms with Crippen molar-refractivity contribution >= 4 is 29.1 Å². The highest BCUT2D eigenvalue weighted by molar-refractivity contribution is 6.17. The standard InChI is InChI=1S/C10H12Cl2N2O3/c11-4-16-6-1-2-7(9(13)10(14)15)8(3-6)17-5-12/h1-3,9H,4-5,13H2,(H2,14,15). The molecule has 0 radical (unpaired) electrons. The number of benzene rings is 1. The minimum atomic E-state index is -0.960.